The van der Waals surface area contributed by atoms with Crippen LogP contribution in [0.1, 0.15) is 0 Å². The van der Waals surface area contributed by atoms with Crippen molar-refractivity contribution >= 4 is 50.1 Å². The van der Waals surface area contributed by atoms with E-state index in [9.17, 15) is 4.79 Å². The minimum absolute atomic E-state index is 0.324. The van der Waals surface area contributed by atoms with Gasteiger partial charge in [0.25, 0.3) is 0 Å². The summed E-state index contributed by atoms with van der Waals surface area (Å²) in [6.45, 7) is 0.905. The van der Waals surface area contributed by atoms with Crippen molar-refractivity contribution in [2.75, 3.05) is 36.7 Å². The van der Waals surface area contributed by atoms with Gasteiger partial charge in [-0.2, -0.15) is 5.10 Å². The van der Waals surface area contributed by atoms with Crippen LogP contribution in [0.2, 0.25) is 0 Å². The molecule has 0 radical (unpaired) electrons. The Kier molecular flexibility index (Phi) is 6.58. The number of nitrogen functional groups attached to an aromatic ring is 1. The number of rotatable bonds is 7. The maximum atomic E-state index is 12.3. The fourth-order valence-electron chi connectivity index (χ4n) is 3.32. The molecule has 0 saturated heterocycles. The first-order valence-corrected chi connectivity index (χ1v) is 10.7. The third-order valence-electron chi connectivity index (χ3n) is 4.79. The SMILES string of the molecule is COCCOc1ccc(-c2ccc(NC(=O)Nc3cccc(Br)c3)cc2)c2c(N)n[nH]c12. The van der Waals surface area contributed by atoms with Gasteiger partial charge in [0, 0.05) is 23.0 Å². The number of anilines is 3. The third kappa shape index (κ3) is 4.84. The molecule has 164 valence electrons. The maximum Gasteiger partial charge on any atom is 0.323 e. The van der Waals surface area contributed by atoms with Crippen LogP contribution >= 0.6 is 15.9 Å². The quantitative estimate of drug-likeness (QED) is 0.261. The number of nitrogens with zero attached hydrogens (tertiary/aromatic N) is 1. The standard InChI is InChI=1S/C23H22BrN5O3/c1-31-11-12-32-19-10-9-18(20-21(19)28-29-22(20)25)14-5-7-16(8-6-14)26-23(30)27-17-4-2-3-15(24)13-17/h2-10,13H,11-12H2,1H3,(H3,25,28,29)(H2,26,27,30). The van der Waals surface area contributed by atoms with E-state index in [0.717, 1.165) is 26.5 Å². The number of hydrogen-bond acceptors (Lipinski definition) is 5. The number of aromatic nitrogens is 2. The average Bonchev–Trinajstić information content (AvgIpc) is 3.17. The molecular formula is C23H22BrN5O3. The first kappa shape index (κ1) is 21.7. The van der Waals surface area contributed by atoms with Gasteiger partial charge in [-0.05, 0) is 53.6 Å². The van der Waals surface area contributed by atoms with Crippen LogP contribution in [0.25, 0.3) is 22.0 Å². The van der Waals surface area contributed by atoms with Crippen LogP contribution in [0.4, 0.5) is 22.0 Å². The van der Waals surface area contributed by atoms with E-state index < -0.39 is 0 Å². The molecule has 0 aliphatic rings. The molecule has 9 heteroatoms. The number of methoxy groups -OCH3 is 1. The highest BCUT2D eigenvalue weighted by molar-refractivity contribution is 9.10. The van der Waals surface area contributed by atoms with Crippen molar-refractivity contribution in [2.24, 2.45) is 0 Å². The van der Waals surface area contributed by atoms with Crippen LogP contribution in [0.15, 0.2) is 65.1 Å². The number of benzene rings is 3. The van der Waals surface area contributed by atoms with Crippen molar-refractivity contribution < 1.29 is 14.3 Å². The topological polar surface area (TPSA) is 114 Å². The summed E-state index contributed by atoms with van der Waals surface area (Å²) in [7, 11) is 1.62. The number of amides is 2. The van der Waals surface area contributed by atoms with E-state index in [2.05, 4.69) is 36.8 Å². The summed E-state index contributed by atoms with van der Waals surface area (Å²) in [6.07, 6.45) is 0. The number of ether oxygens (including phenoxy) is 2. The fourth-order valence-corrected chi connectivity index (χ4v) is 3.72. The first-order chi connectivity index (χ1) is 15.5. The third-order valence-corrected chi connectivity index (χ3v) is 5.29. The lowest BCUT2D eigenvalue weighted by Crippen LogP contribution is -2.19. The Morgan fingerprint density at radius 2 is 1.84 bits per heavy atom. The Labute approximate surface area is 193 Å². The summed E-state index contributed by atoms with van der Waals surface area (Å²) in [5, 5.41) is 13.5. The van der Waals surface area contributed by atoms with Crippen molar-refractivity contribution in [3.05, 3.63) is 65.1 Å². The molecule has 0 aliphatic carbocycles. The van der Waals surface area contributed by atoms with Gasteiger partial charge in [-0.1, -0.05) is 34.1 Å². The smallest absolute Gasteiger partial charge is 0.323 e. The highest BCUT2D eigenvalue weighted by atomic mass is 79.9. The number of urea groups is 1. The van der Waals surface area contributed by atoms with E-state index >= 15 is 0 Å². The molecule has 0 spiro atoms. The van der Waals surface area contributed by atoms with Crippen molar-refractivity contribution in [2.45, 2.75) is 0 Å². The summed E-state index contributed by atoms with van der Waals surface area (Å²) < 4.78 is 11.7. The van der Waals surface area contributed by atoms with Crippen LogP contribution in [0, 0.1) is 0 Å². The van der Waals surface area contributed by atoms with Gasteiger partial charge in [-0.25, -0.2) is 4.79 Å². The Balaban J connectivity index is 1.52. The van der Waals surface area contributed by atoms with Crippen molar-refractivity contribution in [1.29, 1.82) is 0 Å². The zero-order valence-corrected chi connectivity index (χ0v) is 18.9. The minimum Gasteiger partial charge on any atom is -0.489 e. The van der Waals surface area contributed by atoms with E-state index in [0.29, 0.717) is 36.2 Å². The monoisotopic (exact) mass is 495 g/mol. The molecule has 32 heavy (non-hydrogen) atoms. The summed E-state index contributed by atoms with van der Waals surface area (Å²) in [5.41, 5.74) is 10.1. The lowest BCUT2D eigenvalue weighted by Gasteiger charge is -2.11. The number of halogens is 1. The second-order valence-electron chi connectivity index (χ2n) is 6.98. The van der Waals surface area contributed by atoms with Crippen molar-refractivity contribution in [3.63, 3.8) is 0 Å². The molecule has 0 saturated carbocycles. The molecule has 2 amide bonds. The largest absolute Gasteiger partial charge is 0.489 e. The van der Waals surface area contributed by atoms with E-state index in [1.54, 1.807) is 7.11 Å². The normalized spacial score (nSPS) is 10.8. The second kappa shape index (κ2) is 9.71. The van der Waals surface area contributed by atoms with E-state index in [1.807, 2.05) is 60.7 Å². The molecule has 0 atom stereocenters. The lowest BCUT2D eigenvalue weighted by atomic mass is 10.0. The molecular weight excluding hydrogens is 474 g/mol. The number of nitrogens with two attached hydrogens (primary N) is 1. The van der Waals surface area contributed by atoms with Gasteiger partial charge in [0.15, 0.2) is 5.82 Å². The van der Waals surface area contributed by atoms with Crippen LogP contribution in [-0.2, 0) is 4.74 Å². The molecule has 0 unspecified atom stereocenters. The molecule has 5 N–H and O–H groups in total. The number of carbonyl (C=O) groups excluding carboxylic acids is 1. The van der Waals surface area contributed by atoms with Crippen LogP contribution in [0.3, 0.4) is 0 Å². The molecule has 4 aromatic rings. The molecule has 4 rings (SSSR count). The first-order valence-electron chi connectivity index (χ1n) is 9.87. The van der Waals surface area contributed by atoms with Gasteiger partial charge in [0.1, 0.15) is 17.9 Å². The number of aromatic amines is 1. The Morgan fingerprint density at radius 3 is 2.59 bits per heavy atom. The number of fused-ring (bicyclic) bond motifs is 1. The number of hydrogen-bond donors (Lipinski definition) is 4. The molecule has 0 bridgehead atoms. The molecule has 0 aliphatic heterocycles. The van der Waals surface area contributed by atoms with Gasteiger partial charge in [-0.15, -0.1) is 0 Å². The molecule has 1 aromatic heterocycles. The van der Waals surface area contributed by atoms with Crippen LogP contribution < -0.4 is 21.1 Å². The Hall–Kier alpha value is -3.56. The summed E-state index contributed by atoms with van der Waals surface area (Å²) in [5.74, 6) is 1.05. The summed E-state index contributed by atoms with van der Waals surface area (Å²) >= 11 is 3.39. The number of H-pyrrole nitrogens is 1. The zero-order valence-electron chi connectivity index (χ0n) is 17.3. The molecule has 3 aromatic carbocycles. The number of carbonyl (C=O) groups is 1. The van der Waals surface area contributed by atoms with Crippen LogP contribution in [-0.4, -0.2) is 36.6 Å². The Morgan fingerprint density at radius 1 is 1.06 bits per heavy atom. The lowest BCUT2D eigenvalue weighted by molar-refractivity contribution is 0.147. The van der Waals surface area contributed by atoms with Gasteiger partial charge >= 0.3 is 6.03 Å². The predicted octanol–water partition coefficient (Wildman–Crippen LogP) is 5.24. The van der Waals surface area contributed by atoms with Gasteiger partial charge in [0.05, 0.1) is 12.0 Å². The Bertz CT molecular complexity index is 1240. The number of nitrogens with one attached hydrogen (secondary N) is 3. The molecule has 8 nitrogen and oxygen atoms in total. The summed E-state index contributed by atoms with van der Waals surface area (Å²) in [4.78, 5) is 12.3. The maximum absolute atomic E-state index is 12.3. The molecule has 0 fully saturated rings. The molecule has 1 heterocycles. The fraction of sp³-hybridized carbons (Fsp3) is 0.130. The second-order valence-corrected chi connectivity index (χ2v) is 7.89. The predicted molar refractivity (Wildman–Crippen MR) is 130 cm³/mol. The van der Waals surface area contributed by atoms with Gasteiger partial charge in [0.2, 0.25) is 0 Å². The van der Waals surface area contributed by atoms with Gasteiger partial charge in [-0.3, -0.25) is 5.10 Å². The van der Waals surface area contributed by atoms with Crippen molar-refractivity contribution in [1.82, 2.24) is 10.2 Å². The minimum atomic E-state index is -0.324. The van der Waals surface area contributed by atoms with E-state index in [1.165, 1.54) is 0 Å². The highest BCUT2D eigenvalue weighted by Gasteiger charge is 2.15. The average molecular weight is 496 g/mol. The van der Waals surface area contributed by atoms with E-state index in [-0.39, 0.29) is 6.03 Å². The van der Waals surface area contributed by atoms with Gasteiger partial charge < -0.3 is 25.8 Å². The highest BCUT2D eigenvalue weighted by Crippen LogP contribution is 2.36. The summed E-state index contributed by atoms with van der Waals surface area (Å²) in [6, 6.07) is 18.4. The van der Waals surface area contributed by atoms with Crippen LogP contribution in [0.5, 0.6) is 5.75 Å². The van der Waals surface area contributed by atoms with Crippen molar-refractivity contribution in [3.8, 4) is 16.9 Å². The zero-order chi connectivity index (χ0) is 22.5. The van der Waals surface area contributed by atoms with E-state index in [4.69, 9.17) is 15.2 Å².